The third kappa shape index (κ3) is 6.60. The Kier molecular flexibility index (Phi) is 7.82. The summed E-state index contributed by atoms with van der Waals surface area (Å²) in [6.45, 7) is 2.23. The molecule has 0 radical (unpaired) electrons. The van der Waals surface area contributed by atoms with Gasteiger partial charge in [-0.05, 0) is 6.42 Å². The highest BCUT2D eigenvalue weighted by Crippen LogP contribution is 2.53. The topological polar surface area (TPSA) is 69.7 Å². The first-order chi connectivity index (χ1) is 10.6. The molecule has 0 aromatic rings. The van der Waals surface area contributed by atoms with Crippen LogP contribution >= 0.6 is 10.3 Å². The van der Waals surface area contributed by atoms with Crippen molar-refractivity contribution >= 4 is 26.2 Å². The zero-order valence-corrected chi connectivity index (χ0v) is 14.7. The van der Waals surface area contributed by atoms with Gasteiger partial charge in [-0.15, -0.1) is 10.3 Å². The molecule has 23 heavy (non-hydrogen) atoms. The van der Waals surface area contributed by atoms with E-state index >= 15 is 0 Å². The zero-order chi connectivity index (χ0) is 17.6. The number of Topliss-reactive ketones (excluding diaryl/α,β-unsaturated/α-hetero) is 1. The number of unbranched alkanes of at least 4 members (excludes halogenated alkanes) is 3. The van der Waals surface area contributed by atoms with Crippen molar-refractivity contribution < 1.29 is 34.7 Å². The fourth-order valence-electron chi connectivity index (χ4n) is 2.21. The summed E-state index contributed by atoms with van der Waals surface area (Å²) >= 11 is 0. The van der Waals surface area contributed by atoms with Crippen molar-refractivity contribution in [1.29, 1.82) is 0 Å². The van der Waals surface area contributed by atoms with Crippen LogP contribution in [0.5, 0.6) is 0 Å². The molecule has 1 fully saturated rings. The molecule has 0 saturated carbocycles. The average Bonchev–Trinajstić information content (AvgIpc) is 2.42. The highest BCUT2D eigenvalue weighted by Gasteiger charge is 2.51. The molecular weight excluding hydrogens is 357 g/mol. The zero-order valence-electron chi connectivity index (χ0n) is 13.1. The maximum absolute atomic E-state index is 12.6. The summed E-state index contributed by atoms with van der Waals surface area (Å²) in [7, 11) is -8.36. The minimum atomic E-state index is -5.70. The third-order valence-electron chi connectivity index (χ3n) is 3.45. The summed E-state index contributed by atoms with van der Waals surface area (Å²) in [5.74, 6) is -0.431. The Morgan fingerprint density at radius 1 is 1.17 bits per heavy atom. The summed E-state index contributed by atoms with van der Waals surface area (Å²) in [5.41, 5.74) is -5.48. The van der Waals surface area contributed by atoms with Crippen LogP contribution in [0.4, 0.5) is 13.2 Å². The molecule has 1 saturated heterocycles. The highest BCUT2D eigenvalue weighted by atomic mass is 32.3. The fourth-order valence-corrected chi connectivity index (χ4v) is 6.84. The van der Waals surface area contributed by atoms with Gasteiger partial charge in [0.1, 0.15) is 5.78 Å². The van der Waals surface area contributed by atoms with E-state index in [-0.39, 0.29) is 42.7 Å². The van der Waals surface area contributed by atoms with Crippen molar-refractivity contribution in [2.75, 3.05) is 30.5 Å². The van der Waals surface area contributed by atoms with Gasteiger partial charge in [0, 0.05) is 17.9 Å². The first kappa shape index (κ1) is 20.7. The van der Waals surface area contributed by atoms with E-state index in [0.29, 0.717) is 6.42 Å². The maximum Gasteiger partial charge on any atom is 0.523 e. The van der Waals surface area contributed by atoms with Gasteiger partial charge in [-0.1, -0.05) is 26.2 Å². The second-order valence-corrected chi connectivity index (χ2v) is 10.4. The van der Waals surface area contributed by atoms with Gasteiger partial charge in [0.15, 0.2) is 0 Å². The minimum Gasteiger partial charge on any atom is -0.380 e. The van der Waals surface area contributed by atoms with Gasteiger partial charge < -0.3 is 4.74 Å². The predicted octanol–water partition coefficient (Wildman–Crippen LogP) is 3.14. The predicted molar refractivity (Wildman–Crippen MR) is 82.8 cm³/mol. The average molecular weight is 380 g/mol. The van der Waals surface area contributed by atoms with Crippen LogP contribution in [-0.4, -0.2) is 50.2 Å². The van der Waals surface area contributed by atoms with E-state index in [4.69, 9.17) is 4.74 Å². The van der Waals surface area contributed by atoms with Crippen molar-refractivity contribution in [2.45, 2.75) is 44.5 Å². The second-order valence-electron chi connectivity index (χ2n) is 5.45. The minimum absolute atomic E-state index is 0.0308. The van der Waals surface area contributed by atoms with Crippen molar-refractivity contribution in [3.63, 3.8) is 0 Å². The van der Waals surface area contributed by atoms with E-state index in [1.807, 2.05) is 6.92 Å². The molecule has 0 atom stereocenters. The summed E-state index contributed by atoms with van der Waals surface area (Å²) in [4.78, 5) is 12.0. The van der Waals surface area contributed by atoms with Gasteiger partial charge >= 0.3 is 15.6 Å². The summed E-state index contributed by atoms with van der Waals surface area (Å²) < 4.78 is 70.0. The van der Waals surface area contributed by atoms with E-state index < -0.39 is 25.9 Å². The van der Waals surface area contributed by atoms with Crippen molar-refractivity contribution in [3.05, 3.63) is 0 Å². The highest BCUT2D eigenvalue weighted by molar-refractivity contribution is 8.33. The standard InChI is InChI=1S/C13H23F3O5S2/c1-2-3-4-5-6-12(17)11-22(9-7-20-8-10-22)21-23(18,19)13(14,15)16/h2-11H2,1H3. The maximum atomic E-state index is 12.6. The van der Waals surface area contributed by atoms with E-state index in [1.54, 1.807) is 0 Å². The molecule has 1 aliphatic rings. The Hall–Kier alpha value is -0.320. The van der Waals surface area contributed by atoms with E-state index in [1.165, 1.54) is 0 Å². The van der Waals surface area contributed by atoms with Gasteiger partial charge in [-0.25, -0.2) is 3.63 Å². The van der Waals surface area contributed by atoms with Crippen LogP contribution in [0.1, 0.15) is 39.0 Å². The molecule has 1 heterocycles. The largest absolute Gasteiger partial charge is 0.523 e. The molecule has 138 valence electrons. The summed E-state index contributed by atoms with van der Waals surface area (Å²) in [5, 5.41) is 0. The molecule has 0 unspecified atom stereocenters. The number of ether oxygens (including phenoxy) is 1. The molecule has 0 aromatic carbocycles. The SMILES string of the molecule is CCCCCCC(=O)CS1(OS(=O)(=O)C(F)(F)F)CCOCC1. The van der Waals surface area contributed by atoms with Gasteiger partial charge in [-0.3, -0.25) is 4.79 Å². The van der Waals surface area contributed by atoms with Crippen LogP contribution in [0.15, 0.2) is 0 Å². The molecule has 1 aliphatic heterocycles. The molecule has 0 aromatic heterocycles. The van der Waals surface area contributed by atoms with E-state index in [2.05, 4.69) is 3.63 Å². The lowest BCUT2D eigenvalue weighted by Gasteiger charge is -2.40. The first-order valence-electron chi connectivity index (χ1n) is 7.50. The summed E-state index contributed by atoms with van der Waals surface area (Å²) in [6.07, 6.45) is 3.76. The van der Waals surface area contributed by atoms with E-state index in [9.17, 15) is 26.4 Å². The fraction of sp³-hybridized carbons (Fsp3) is 0.923. The van der Waals surface area contributed by atoms with Gasteiger partial charge in [0.2, 0.25) is 0 Å². The van der Waals surface area contributed by atoms with Gasteiger partial charge in [0.05, 0.1) is 19.0 Å². The monoisotopic (exact) mass is 380 g/mol. The molecule has 0 spiro atoms. The number of rotatable bonds is 9. The number of hydrogen-bond acceptors (Lipinski definition) is 5. The van der Waals surface area contributed by atoms with Crippen molar-refractivity contribution in [2.24, 2.45) is 0 Å². The Labute approximate surface area is 136 Å². The first-order valence-corrected chi connectivity index (χ1v) is 11.0. The van der Waals surface area contributed by atoms with Crippen LogP contribution in [-0.2, 0) is 23.3 Å². The number of alkyl halides is 3. The molecule has 5 nitrogen and oxygen atoms in total. The number of carbonyl (C=O) groups excluding carboxylic acids is 1. The van der Waals surface area contributed by atoms with Crippen molar-refractivity contribution in [3.8, 4) is 0 Å². The quantitative estimate of drug-likeness (QED) is 0.454. The number of hydrogen-bond donors (Lipinski definition) is 0. The number of ketones is 1. The number of carbonyl (C=O) groups is 1. The molecular formula is C13H23F3O5S2. The lowest BCUT2D eigenvalue weighted by molar-refractivity contribution is -0.116. The van der Waals surface area contributed by atoms with Gasteiger partial charge in [-0.2, -0.15) is 21.6 Å². The van der Waals surface area contributed by atoms with Crippen LogP contribution in [0.3, 0.4) is 0 Å². The lowest BCUT2D eigenvalue weighted by Crippen LogP contribution is -2.35. The Morgan fingerprint density at radius 2 is 1.78 bits per heavy atom. The molecule has 0 amide bonds. The Bertz CT molecular complexity index is 484. The van der Waals surface area contributed by atoms with Crippen LogP contribution in [0.25, 0.3) is 0 Å². The number of halogens is 3. The van der Waals surface area contributed by atoms with Crippen molar-refractivity contribution in [1.82, 2.24) is 0 Å². The van der Waals surface area contributed by atoms with Gasteiger partial charge in [0.25, 0.3) is 0 Å². The molecule has 1 rings (SSSR count). The van der Waals surface area contributed by atoms with Crippen LogP contribution < -0.4 is 0 Å². The Morgan fingerprint density at radius 3 is 2.30 bits per heavy atom. The molecule has 0 bridgehead atoms. The van der Waals surface area contributed by atoms with Crippen LogP contribution in [0.2, 0.25) is 0 Å². The second kappa shape index (κ2) is 8.68. The Balaban J connectivity index is 2.73. The lowest BCUT2D eigenvalue weighted by atomic mass is 10.1. The summed E-state index contributed by atoms with van der Waals surface area (Å²) in [6, 6.07) is 0. The van der Waals surface area contributed by atoms with Crippen LogP contribution in [0, 0.1) is 0 Å². The third-order valence-corrected chi connectivity index (χ3v) is 8.56. The molecule has 0 aliphatic carbocycles. The van der Waals surface area contributed by atoms with E-state index in [0.717, 1.165) is 19.3 Å². The molecule has 0 N–H and O–H groups in total. The normalized spacial score (nSPS) is 20.2. The smallest absolute Gasteiger partial charge is 0.380 e. The molecule has 10 heteroatoms.